The molecule has 0 aliphatic carbocycles. The fourth-order valence-corrected chi connectivity index (χ4v) is 2.62. The molecule has 1 aliphatic heterocycles. The maximum Gasteiger partial charge on any atom is 0.139 e. The zero-order valence-electron chi connectivity index (χ0n) is 7.31. The Morgan fingerprint density at radius 2 is 2.07 bits per heavy atom. The highest BCUT2D eigenvalue weighted by molar-refractivity contribution is 7.88. The molecular weight excluding hydrogens is 194 g/mol. The molecule has 2 aromatic rings. The summed E-state index contributed by atoms with van der Waals surface area (Å²) in [5, 5.41) is 4.59. The molecule has 68 valence electrons. The van der Waals surface area contributed by atoms with Gasteiger partial charge in [0.1, 0.15) is 5.03 Å². The molecule has 3 heteroatoms. The van der Waals surface area contributed by atoms with Crippen molar-refractivity contribution in [3.05, 3.63) is 41.4 Å². The molecule has 0 spiro atoms. The molecular formula is C11H7NOS. The first kappa shape index (κ1) is 7.88. The lowest BCUT2D eigenvalue weighted by atomic mass is 10.1. The third-order valence-corrected chi connectivity index (χ3v) is 3.44. The number of rotatable bonds is 0. The Morgan fingerprint density at radius 1 is 1.21 bits per heavy atom. The summed E-state index contributed by atoms with van der Waals surface area (Å²) in [5.41, 5.74) is 1.00. The third-order valence-electron chi connectivity index (χ3n) is 2.35. The number of nitrogens with zero attached hydrogens (tertiary/aromatic N) is 1. The predicted octanol–water partition coefficient (Wildman–Crippen LogP) is 2.33. The van der Waals surface area contributed by atoms with E-state index in [1.807, 2.05) is 30.3 Å². The molecule has 0 saturated heterocycles. The zero-order valence-corrected chi connectivity index (χ0v) is 8.12. The summed E-state index contributed by atoms with van der Waals surface area (Å²) < 4.78 is 11.5. The van der Waals surface area contributed by atoms with Crippen LogP contribution in [-0.2, 0) is 10.8 Å². The van der Waals surface area contributed by atoms with E-state index in [1.165, 1.54) is 0 Å². The minimum Gasteiger partial charge on any atom is -0.248 e. The summed E-state index contributed by atoms with van der Waals surface area (Å²) in [6.07, 6.45) is 3.67. The van der Waals surface area contributed by atoms with Crippen molar-refractivity contribution in [3.63, 3.8) is 0 Å². The van der Waals surface area contributed by atoms with Gasteiger partial charge in [0.2, 0.25) is 0 Å². The van der Waals surface area contributed by atoms with Gasteiger partial charge in [-0.3, -0.25) is 0 Å². The van der Waals surface area contributed by atoms with Crippen molar-refractivity contribution in [2.45, 2.75) is 5.03 Å². The lowest BCUT2D eigenvalue weighted by Gasteiger charge is -2.01. The van der Waals surface area contributed by atoms with E-state index in [1.54, 1.807) is 11.6 Å². The largest absolute Gasteiger partial charge is 0.248 e. The molecule has 0 fully saturated rings. The lowest BCUT2D eigenvalue weighted by molar-refractivity contribution is 0.686. The van der Waals surface area contributed by atoms with Gasteiger partial charge in [0, 0.05) is 22.6 Å². The molecule has 1 aromatic heterocycles. The van der Waals surface area contributed by atoms with Crippen molar-refractivity contribution in [1.82, 2.24) is 4.98 Å². The summed E-state index contributed by atoms with van der Waals surface area (Å²) in [4.78, 5) is 4.21. The van der Waals surface area contributed by atoms with Crippen molar-refractivity contribution < 1.29 is 4.21 Å². The summed E-state index contributed by atoms with van der Waals surface area (Å²) in [6.45, 7) is 0. The Balaban J connectivity index is 2.49. The quantitative estimate of drug-likeness (QED) is 0.654. The van der Waals surface area contributed by atoms with E-state index < -0.39 is 10.8 Å². The van der Waals surface area contributed by atoms with Gasteiger partial charge < -0.3 is 0 Å². The maximum absolute atomic E-state index is 11.5. The van der Waals surface area contributed by atoms with Crippen LogP contribution >= 0.6 is 0 Å². The zero-order chi connectivity index (χ0) is 9.54. The Kier molecular flexibility index (Phi) is 1.55. The van der Waals surface area contributed by atoms with Crippen molar-refractivity contribution in [3.8, 4) is 0 Å². The predicted molar refractivity (Wildman–Crippen MR) is 57.2 cm³/mol. The molecule has 1 unspecified atom stereocenters. The van der Waals surface area contributed by atoms with Crippen LogP contribution in [0.2, 0.25) is 0 Å². The monoisotopic (exact) mass is 201 g/mol. The number of aromatic nitrogens is 1. The minimum absolute atomic E-state index is 0.684. The number of fused-ring (bicyclic) bond motifs is 3. The standard InChI is InChI=1S/C11H7NOS/c13-14-6-5-10-9-4-2-1-3-8(9)7-12-11(10)14/h1-7H. The molecule has 14 heavy (non-hydrogen) atoms. The van der Waals surface area contributed by atoms with Crippen LogP contribution in [0.3, 0.4) is 0 Å². The molecule has 1 aromatic carbocycles. The Hall–Kier alpha value is -1.48. The van der Waals surface area contributed by atoms with Gasteiger partial charge in [0.15, 0.2) is 0 Å². The van der Waals surface area contributed by atoms with Crippen LogP contribution in [0.4, 0.5) is 0 Å². The van der Waals surface area contributed by atoms with Crippen LogP contribution in [0.1, 0.15) is 5.56 Å². The van der Waals surface area contributed by atoms with E-state index in [9.17, 15) is 4.21 Å². The van der Waals surface area contributed by atoms with Crippen LogP contribution in [-0.4, -0.2) is 9.19 Å². The normalized spacial score (nSPS) is 18.7. The molecule has 0 bridgehead atoms. The molecule has 0 N–H and O–H groups in total. The summed E-state index contributed by atoms with van der Waals surface area (Å²) >= 11 is 0. The molecule has 1 aliphatic rings. The van der Waals surface area contributed by atoms with Crippen LogP contribution in [0, 0.1) is 0 Å². The molecule has 1 atom stereocenters. The summed E-state index contributed by atoms with van der Waals surface area (Å²) in [5.74, 6) is 0. The highest BCUT2D eigenvalue weighted by atomic mass is 32.2. The van der Waals surface area contributed by atoms with Gasteiger partial charge in [0.05, 0.1) is 10.8 Å². The van der Waals surface area contributed by atoms with Crippen molar-refractivity contribution in [2.75, 3.05) is 0 Å². The fraction of sp³-hybridized carbons (Fsp3) is 0. The van der Waals surface area contributed by atoms with Gasteiger partial charge in [-0.2, -0.15) is 0 Å². The van der Waals surface area contributed by atoms with Crippen molar-refractivity contribution in [2.24, 2.45) is 0 Å². The van der Waals surface area contributed by atoms with Gasteiger partial charge in [-0.15, -0.1) is 0 Å². The van der Waals surface area contributed by atoms with Gasteiger partial charge in [0.25, 0.3) is 0 Å². The van der Waals surface area contributed by atoms with E-state index in [2.05, 4.69) is 4.98 Å². The summed E-state index contributed by atoms with van der Waals surface area (Å²) in [6, 6.07) is 8.00. The first-order valence-corrected chi connectivity index (χ1v) is 5.54. The van der Waals surface area contributed by atoms with Crippen LogP contribution in [0.15, 0.2) is 40.9 Å². The number of pyridine rings is 1. The molecule has 3 rings (SSSR count). The first-order valence-electron chi connectivity index (χ1n) is 4.33. The molecule has 0 saturated carbocycles. The highest BCUT2D eigenvalue weighted by Crippen LogP contribution is 2.28. The van der Waals surface area contributed by atoms with E-state index in [0.29, 0.717) is 5.03 Å². The van der Waals surface area contributed by atoms with Gasteiger partial charge in [-0.05, 0) is 11.5 Å². The highest BCUT2D eigenvalue weighted by Gasteiger charge is 2.15. The first-order chi connectivity index (χ1) is 6.86. The van der Waals surface area contributed by atoms with Gasteiger partial charge in [-0.1, -0.05) is 24.3 Å². The van der Waals surface area contributed by atoms with E-state index in [4.69, 9.17) is 0 Å². The van der Waals surface area contributed by atoms with Crippen LogP contribution < -0.4 is 0 Å². The Bertz CT molecular complexity index is 575. The Morgan fingerprint density at radius 3 is 3.00 bits per heavy atom. The van der Waals surface area contributed by atoms with E-state index in [0.717, 1.165) is 16.3 Å². The third kappa shape index (κ3) is 0.960. The average molecular weight is 201 g/mol. The average Bonchev–Trinajstić information content (AvgIpc) is 2.61. The number of benzene rings is 1. The van der Waals surface area contributed by atoms with Gasteiger partial charge in [-0.25, -0.2) is 9.19 Å². The second kappa shape index (κ2) is 2.75. The molecule has 2 nitrogen and oxygen atoms in total. The van der Waals surface area contributed by atoms with Crippen molar-refractivity contribution >= 4 is 27.6 Å². The molecule has 0 radical (unpaired) electrons. The fourth-order valence-electron chi connectivity index (χ4n) is 1.68. The molecule has 0 amide bonds. The number of hydrogen-bond donors (Lipinski definition) is 0. The topological polar surface area (TPSA) is 30.0 Å². The second-order valence-electron chi connectivity index (χ2n) is 3.16. The second-order valence-corrected chi connectivity index (χ2v) is 4.42. The SMILES string of the molecule is O=S1C=Cc2c1ncc1ccccc21. The minimum atomic E-state index is -1.05. The van der Waals surface area contributed by atoms with E-state index in [-0.39, 0.29) is 0 Å². The van der Waals surface area contributed by atoms with Crippen LogP contribution in [0.5, 0.6) is 0 Å². The molecule has 2 heterocycles. The smallest absolute Gasteiger partial charge is 0.139 e. The summed E-state index contributed by atoms with van der Waals surface area (Å²) in [7, 11) is -1.05. The van der Waals surface area contributed by atoms with Crippen molar-refractivity contribution in [1.29, 1.82) is 0 Å². The van der Waals surface area contributed by atoms with E-state index >= 15 is 0 Å². The Labute approximate surface area is 83.7 Å². The number of hydrogen-bond acceptors (Lipinski definition) is 2. The lowest BCUT2D eigenvalue weighted by Crippen LogP contribution is -1.90. The van der Waals surface area contributed by atoms with Crippen LogP contribution in [0.25, 0.3) is 16.8 Å². The van der Waals surface area contributed by atoms with Gasteiger partial charge >= 0.3 is 0 Å². The maximum atomic E-state index is 11.5.